The van der Waals surface area contributed by atoms with Gasteiger partial charge in [0.2, 0.25) is 0 Å². The second-order valence-electron chi connectivity index (χ2n) is 6.06. The summed E-state index contributed by atoms with van der Waals surface area (Å²) in [7, 11) is -3.96. The lowest BCUT2D eigenvalue weighted by Crippen LogP contribution is -2.16. The molecule has 3 aromatic rings. The number of rotatable bonds is 5. The molecule has 8 heteroatoms. The Morgan fingerprint density at radius 2 is 1.96 bits per heavy atom. The fourth-order valence-corrected chi connectivity index (χ4v) is 3.90. The summed E-state index contributed by atoms with van der Waals surface area (Å²) in [5.74, 6) is -1.22. The molecule has 0 unspecified atom stereocenters. The number of sulfonamides is 1. The molecule has 0 aliphatic carbocycles. The number of amides is 1. The van der Waals surface area contributed by atoms with E-state index < -0.39 is 15.9 Å². The highest BCUT2D eigenvalue weighted by Crippen LogP contribution is 2.28. The maximum atomic E-state index is 12.7. The molecule has 26 heavy (non-hydrogen) atoms. The van der Waals surface area contributed by atoms with Gasteiger partial charge in [-0.2, -0.15) is 0 Å². The van der Waals surface area contributed by atoms with E-state index in [0.717, 1.165) is 29.1 Å². The number of primary amides is 1. The van der Waals surface area contributed by atoms with Crippen molar-refractivity contribution >= 4 is 32.5 Å². The molecule has 0 bridgehead atoms. The lowest BCUT2D eigenvalue weighted by atomic mass is 10.1. The molecular formula is C18H19N3O4S. The van der Waals surface area contributed by atoms with Crippen molar-refractivity contribution in [2.24, 2.45) is 5.73 Å². The van der Waals surface area contributed by atoms with Crippen LogP contribution in [0.5, 0.6) is 5.75 Å². The third-order valence-corrected chi connectivity index (χ3v) is 5.52. The Morgan fingerprint density at radius 3 is 2.62 bits per heavy atom. The maximum absolute atomic E-state index is 12.7. The molecule has 136 valence electrons. The lowest BCUT2D eigenvalue weighted by molar-refractivity contribution is 0.0997. The molecule has 3 rings (SSSR count). The van der Waals surface area contributed by atoms with Crippen molar-refractivity contribution in [1.82, 2.24) is 4.98 Å². The number of nitrogens with one attached hydrogen (secondary N) is 2. The summed E-state index contributed by atoms with van der Waals surface area (Å²) in [5.41, 5.74) is 7.47. The molecule has 1 heterocycles. The van der Waals surface area contributed by atoms with Gasteiger partial charge in [0.25, 0.3) is 15.9 Å². The van der Waals surface area contributed by atoms with Crippen molar-refractivity contribution in [2.45, 2.75) is 25.2 Å². The van der Waals surface area contributed by atoms with Gasteiger partial charge in [0.1, 0.15) is 5.75 Å². The van der Waals surface area contributed by atoms with Gasteiger partial charge in [0.05, 0.1) is 16.1 Å². The monoisotopic (exact) mass is 373 g/mol. The molecule has 0 spiro atoms. The fourth-order valence-electron chi connectivity index (χ4n) is 2.74. The molecule has 0 aliphatic rings. The van der Waals surface area contributed by atoms with E-state index >= 15 is 0 Å². The van der Waals surface area contributed by atoms with Crippen LogP contribution in [-0.4, -0.2) is 24.4 Å². The summed E-state index contributed by atoms with van der Waals surface area (Å²) >= 11 is 0. The van der Waals surface area contributed by atoms with E-state index in [4.69, 9.17) is 5.73 Å². The smallest absolute Gasteiger partial charge is 0.261 e. The molecule has 5 N–H and O–H groups in total. The fraction of sp³-hybridized carbons (Fsp3) is 0.167. The van der Waals surface area contributed by atoms with Crippen molar-refractivity contribution in [3.05, 3.63) is 53.2 Å². The Bertz CT molecular complexity index is 1120. The van der Waals surface area contributed by atoms with Gasteiger partial charge in [-0.15, -0.1) is 0 Å². The third-order valence-electron chi connectivity index (χ3n) is 4.16. The van der Waals surface area contributed by atoms with Crippen LogP contribution in [0.25, 0.3) is 10.9 Å². The van der Waals surface area contributed by atoms with Crippen LogP contribution in [0.15, 0.2) is 41.3 Å². The number of aromatic nitrogens is 1. The molecule has 0 fully saturated rings. The Morgan fingerprint density at radius 1 is 1.23 bits per heavy atom. The van der Waals surface area contributed by atoms with Crippen LogP contribution in [0.1, 0.15) is 28.5 Å². The molecule has 0 aliphatic heterocycles. The Labute approximate surface area is 150 Å². The average molecular weight is 373 g/mol. The van der Waals surface area contributed by atoms with E-state index in [0.29, 0.717) is 5.69 Å². The van der Waals surface area contributed by atoms with Crippen LogP contribution in [0.2, 0.25) is 0 Å². The van der Waals surface area contributed by atoms with Gasteiger partial charge < -0.3 is 15.8 Å². The second kappa shape index (κ2) is 6.38. The van der Waals surface area contributed by atoms with Crippen LogP contribution in [-0.2, 0) is 16.4 Å². The number of H-pyrrole nitrogens is 1. The summed E-state index contributed by atoms with van der Waals surface area (Å²) in [5, 5.41) is 10.9. The zero-order chi connectivity index (χ0) is 19.1. The summed E-state index contributed by atoms with van der Waals surface area (Å²) in [6.07, 6.45) is 0.846. The summed E-state index contributed by atoms with van der Waals surface area (Å²) in [4.78, 5) is 14.5. The van der Waals surface area contributed by atoms with E-state index in [9.17, 15) is 18.3 Å². The van der Waals surface area contributed by atoms with Gasteiger partial charge in [-0.1, -0.05) is 13.0 Å². The summed E-state index contributed by atoms with van der Waals surface area (Å²) < 4.78 is 27.8. The average Bonchev–Trinajstić information content (AvgIpc) is 2.98. The molecule has 0 saturated carbocycles. The van der Waals surface area contributed by atoms with Crippen LogP contribution >= 0.6 is 0 Å². The first-order chi connectivity index (χ1) is 12.2. The zero-order valence-corrected chi connectivity index (χ0v) is 15.1. The first-order valence-corrected chi connectivity index (χ1v) is 9.47. The highest BCUT2D eigenvalue weighted by Gasteiger charge is 2.20. The van der Waals surface area contributed by atoms with Crippen LogP contribution in [0.3, 0.4) is 0 Å². The molecule has 0 radical (unpaired) electrons. The number of nitrogens with two attached hydrogens (primary N) is 1. The number of carbonyl (C=O) groups is 1. The number of benzene rings is 2. The zero-order valence-electron chi connectivity index (χ0n) is 14.3. The topological polar surface area (TPSA) is 125 Å². The molecule has 0 saturated heterocycles. The largest absolute Gasteiger partial charge is 0.507 e. The second-order valence-corrected chi connectivity index (χ2v) is 7.74. The number of hydrogen-bond donors (Lipinski definition) is 4. The predicted molar refractivity (Wildman–Crippen MR) is 99.8 cm³/mol. The Kier molecular flexibility index (Phi) is 4.37. The van der Waals surface area contributed by atoms with Crippen molar-refractivity contribution in [2.75, 3.05) is 4.72 Å². The minimum absolute atomic E-state index is 0.151. The number of aromatic amines is 1. The molecule has 7 nitrogen and oxygen atoms in total. The number of carbonyl (C=O) groups excluding carboxylic acids is 1. The van der Waals surface area contributed by atoms with Gasteiger partial charge in [-0.25, -0.2) is 8.42 Å². The predicted octanol–water partition coefficient (Wildman–Crippen LogP) is 2.64. The van der Waals surface area contributed by atoms with Gasteiger partial charge in [-0.3, -0.25) is 9.52 Å². The van der Waals surface area contributed by atoms with Gasteiger partial charge >= 0.3 is 0 Å². The number of aryl methyl sites for hydroxylation is 2. The molecule has 1 aromatic heterocycles. The Balaban J connectivity index is 2.00. The van der Waals surface area contributed by atoms with Crippen LogP contribution in [0, 0.1) is 6.92 Å². The van der Waals surface area contributed by atoms with E-state index in [-0.39, 0.29) is 21.8 Å². The quantitative estimate of drug-likeness (QED) is 0.548. The first-order valence-electron chi connectivity index (χ1n) is 7.99. The molecule has 0 atom stereocenters. The minimum atomic E-state index is -3.96. The van der Waals surface area contributed by atoms with E-state index in [1.807, 2.05) is 19.1 Å². The number of aromatic hydroxyl groups is 1. The molecule has 1 amide bonds. The van der Waals surface area contributed by atoms with Crippen molar-refractivity contribution in [3.8, 4) is 5.75 Å². The summed E-state index contributed by atoms with van der Waals surface area (Å²) in [6, 6.07) is 9.54. The van der Waals surface area contributed by atoms with E-state index in [1.165, 1.54) is 13.0 Å². The maximum Gasteiger partial charge on any atom is 0.261 e. The van der Waals surface area contributed by atoms with E-state index in [1.54, 1.807) is 12.1 Å². The van der Waals surface area contributed by atoms with Crippen molar-refractivity contribution < 1.29 is 18.3 Å². The van der Waals surface area contributed by atoms with Crippen LogP contribution in [0.4, 0.5) is 5.69 Å². The number of phenols is 1. The number of fused-ring (bicyclic) bond motifs is 1. The highest BCUT2D eigenvalue weighted by molar-refractivity contribution is 7.92. The Hall–Kier alpha value is -3.00. The third kappa shape index (κ3) is 3.23. The minimum Gasteiger partial charge on any atom is -0.507 e. The SMILES string of the molecule is CCc1cc2ccc(NS(=O)(=O)c3cc(C)c(O)c(C(N)=O)c3)cc2[nH]1. The number of anilines is 1. The van der Waals surface area contributed by atoms with Gasteiger partial charge in [0.15, 0.2) is 0 Å². The van der Waals surface area contributed by atoms with Crippen molar-refractivity contribution in [3.63, 3.8) is 0 Å². The summed E-state index contributed by atoms with van der Waals surface area (Å²) in [6.45, 7) is 3.52. The van der Waals surface area contributed by atoms with E-state index in [2.05, 4.69) is 9.71 Å². The number of hydrogen-bond acceptors (Lipinski definition) is 4. The molecular weight excluding hydrogens is 354 g/mol. The van der Waals surface area contributed by atoms with Crippen LogP contribution < -0.4 is 10.5 Å². The molecule has 2 aromatic carbocycles. The first kappa shape index (κ1) is 17.8. The lowest BCUT2D eigenvalue weighted by Gasteiger charge is -2.11. The normalized spacial score (nSPS) is 11.6. The standard InChI is InChI=1S/C18H19N3O4S/c1-3-12-7-11-4-5-13(8-16(11)20-12)21-26(24,25)14-6-10(2)17(22)15(9-14)18(19)23/h4-9,20-22H,3H2,1-2H3,(H2,19,23). The van der Waals surface area contributed by atoms with Gasteiger partial charge in [0, 0.05) is 11.2 Å². The van der Waals surface area contributed by atoms with Crippen molar-refractivity contribution in [1.29, 1.82) is 0 Å². The highest BCUT2D eigenvalue weighted by atomic mass is 32.2. The van der Waals surface area contributed by atoms with Gasteiger partial charge in [-0.05, 0) is 54.6 Å².